The second kappa shape index (κ2) is 7.51. The van der Waals surface area contributed by atoms with Crippen molar-refractivity contribution in [3.05, 3.63) is 28.5 Å². The Bertz CT molecular complexity index is 552. The van der Waals surface area contributed by atoms with Gasteiger partial charge in [0.1, 0.15) is 11.4 Å². The Labute approximate surface area is 145 Å². The van der Waals surface area contributed by atoms with Crippen LogP contribution in [0, 0.1) is 11.7 Å². The van der Waals surface area contributed by atoms with Gasteiger partial charge in [-0.05, 0) is 73.7 Å². The highest BCUT2D eigenvalue weighted by atomic mass is 79.9. The van der Waals surface area contributed by atoms with Crippen LogP contribution in [-0.4, -0.2) is 36.2 Å². The fourth-order valence-electron chi connectivity index (χ4n) is 2.51. The van der Waals surface area contributed by atoms with Crippen molar-refractivity contribution in [3.63, 3.8) is 0 Å². The van der Waals surface area contributed by atoms with Gasteiger partial charge in [0.15, 0.2) is 0 Å². The molecule has 1 aliphatic heterocycles. The molecule has 1 amide bonds. The van der Waals surface area contributed by atoms with Crippen molar-refractivity contribution in [1.82, 2.24) is 4.90 Å². The second-order valence-electron chi connectivity index (χ2n) is 6.92. The number of anilines is 1. The van der Waals surface area contributed by atoms with E-state index in [0.717, 1.165) is 25.1 Å². The van der Waals surface area contributed by atoms with Gasteiger partial charge in [0.05, 0.1) is 4.47 Å². The number of piperidine rings is 1. The van der Waals surface area contributed by atoms with E-state index >= 15 is 0 Å². The standard InChI is InChI=1S/C17H24BrFN2O2/c1-17(2,3)23-16(22)21-8-6-12(7-9-21)11-20-13-4-5-14(18)15(19)10-13/h4-5,10,12,20H,6-9,11H2,1-3H3. The molecule has 1 aromatic carbocycles. The predicted molar refractivity (Wildman–Crippen MR) is 93.1 cm³/mol. The molecule has 1 saturated heterocycles. The number of carbonyl (C=O) groups excluding carboxylic acids is 1. The van der Waals surface area contributed by atoms with E-state index in [4.69, 9.17) is 4.74 Å². The number of halogens is 2. The molecule has 23 heavy (non-hydrogen) atoms. The number of amides is 1. The minimum absolute atomic E-state index is 0.237. The molecule has 1 fully saturated rings. The van der Waals surface area contributed by atoms with Gasteiger partial charge in [0.25, 0.3) is 0 Å². The van der Waals surface area contributed by atoms with Gasteiger partial charge in [-0.25, -0.2) is 9.18 Å². The van der Waals surface area contributed by atoms with Crippen LogP contribution in [0.4, 0.5) is 14.9 Å². The summed E-state index contributed by atoms with van der Waals surface area (Å²) in [5, 5.41) is 3.27. The molecule has 6 heteroatoms. The van der Waals surface area contributed by atoms with Gasteiger partial charge in [0.2, 0.25) is 0 Å². The van der Waals surface area contributed by atoms with E-state index in [0.29, 0.717) is 23.5 Å². The topological polar surface area (TPSA) is 41.6 Å². The van der Waals surface area contributed by atoms with Gasteiger partial charge >= 0.3 is 6.09 Å². The molecule has 1 N–H and O–H groups in total. The van der Waals surface area contributed by atoms with E-state index in [9.17, 15) is 9.18 Å². The minimum atomic E-state index is -0.457. The summed E-state index contributed by atoms with van der Waals surface area (Å²) in [5.74, 6) is 0.204. The lowest BCUT2D eigenvalue weighted by Crippen LogP contribution is -2.42. The van der Waals surface area contributed by atoms with E-state index in [-0.39, 0.29) is 11.9 Å². The highest BCUT2D eigenvalue weighted by Crippen LogP contribution is 2.22. The first-order valence-electron chi connectivity index (χ1n) is 7.91. The van der Waals surface area contributed by atoms with Gasteiger partial charge in [-0.1, -0.05) is 0 Å². The summed E-state index contributed by atoms with van der Waals surface area (Å²) in [6, 6.07) is 5.03. The van der Waals surface area contributed by atoms with Crippen LogP contribution < -0.4 is 5.32 Å². The van der Waals surface area contributed by atoms with Crippen molar-refractivity contribution < 1.29 is 13.9 Å². The summed E-state index contributed by atoms with van der Waals surface area (Å²) in [6.45, 7) is 7.81. The van der Waals surface area contributed by atoms with Crippen molar-refractivity contribution in [3.8, 4) is 0 Å². The summed E-state index contributed by atoms with van der Waals surface area (Å²) >= 11 is 3.15. The molecule has 0 unspecified atom stereocenters. The molecule has 128 valence electrons. The van der Waals surface area contributed by atoms with Crippen molar-refractivity contribution in [2.45, 2.75) is 39.2 Å². The number of carbonyl (C=O) groups is 1. The van der Waals surface area contributed by atoms with Gasteiger partial charge in [-0.3, -0.25) is 0 Å². The Morgan fingerprint density at radius 1 is 1.39 bits per heavy atom. The third-order valence-corrected chi connectivity index (χ3v) is 4.42. The lowest BCUT2D eigenvalue weighted by molar-refractivity contribution is 0.0188. The first-order chi connectivity index (χ1) is 10.7. The molecule has 1 heterocycles. The lowest BCUT2D eigenvalue weighted by atomic mass is 9.97. The fraction of sp³-hybridized carbons (Fsp3) is 0.588. The molecule has 0 aromatic heterocycles. The molecule has 4 nitrogen and oxygen atoms in total. The second-order valence-corrected chi connectivity index (χ2v) is 7.77. The third-order valence-electron chi connectivity index (χ3n) is 3.78. The average Bonchev–Trinajstić information content (AvgIpc) is 2.47. The molecule has 0 aliphatic carbocycles. The largest absolute Gasteiger partial charge is 0.444 e. The molecular weight excluding hydrogens is 363 g/mol. The maximum absolute atomic E-state index is 13.5. The van der Waals surface area contributed by atoms with Crippen molar-refractivity contribution in [2.75, 3.05) is 25.0 Å². The number of rotatable bonds is 3. The van der Waals surface area contributed by atoms with Crippen LogP contribution >= 0.6 is 15.9 Å². The van der Waals surface area contributed by atoms with Crippen LogP contribution in [0.2, 0.25) is 0 Å². The molecule has 0 bridgehead atoms. The van der Waals surface area contributed by atoms with Crippen LogP contribution in [0.3, 0.4) is 0 Å². The van der Waals surface area contributed by atoms with E-state index in [2.05, 4.69) is 21.2 Å². The Morgan fingerprint density at radius 3 is 2.61 bits per heavy atom. The molecule has 0 radical (unpaired) electrons. The first kappa shape index (κ1) is 18.0. The normalized spacial score (nSPS) is 16.3. The molecule has 1 aromatic rings. The highest BCUT2D eigenvalue weighted by molar-refractivity contribution is 9.10. The number of nitrogens with one attached hydrogen (secondary N) is 1. The van der Waals surface area contributed by atoms with E-state index in [1.807, 2.05) is 26.8 Å². The molecule has 0 atom stereocenters. The van der Waals surface area contributed by atoms with Crippen molar-refractivity contribution in [1.29, 1.82) is 0 Å². The number of ether oxygens (including phenoxy) is 1. The SMILES string of the molecule is CC(C)(C)OC(=O)N1CCC(CNc2ccc(Br)c(F)c2)CC1. The van der Waals surface area contributed by atoms with Gasteiger partial charge in [-0.15, -0.1) is 0 Å². The predicted octanol–water partition coefficient (Wildman–Crippen LogP) is 4.65. The summed E-state index contributed by atoms with van der Waals surface area (Å²) in [4.78, 5) is 13.8. The lowest BCUT2D eigenvalue weighted by Gasteiger charge is -2.33. The molecule has 2 rings (SSSR count). The average molecular weight is 387 g/mol. The van der Waals surface area contributed by atoms with Gasteiger partial charge in [-0.2, -0.15) is 0 Å². The summed E-state index contributed by atoms with van der Waals surface area (Å²) < 4.78 is 19.3. The summed E-state index contributed by atoms with van der Waals surface area (Å²) in [5.41, 5.74) is 0.321. The monoisotopic (exact) mass is 386 g/mol. The fourth-order valence-corrected chi connectivity index (χ4v) is 2.76. The van der Waals surface area contributed by atoms with Crippen LogP contribution in [0.5, 0.6) is 0 Å². The third kappa shape index (κ3) is 5.68. The number of nitrogens with zero attached hydrogens (tertiary/aromatic N) is 1. The Hall–Kier alpha value is -1.30. The number of hydrogen-bond donors (Lipinski definition) is 1. The van der Waals surface area contributed by atoms with Crippen molar-refractivity contribution in [2.24, 2.45) is 5.92 Å². The van der Waals surface area contributed by atoms with Crippen LogP contribution in [0.25, 0.3) is 0 Å². The van der Waals surface area contributed by atoms with E-state index in [1.165, 1.54) is 6.07 Å². The zero-order chi connectivity index (χ0) is 17.0. The van der Waals surface area contributed by atoms with Gasteiger partial charge in [0, 0.05) is 25.3 Å². The van der Waals surface area contributed by atoms with Crippen molar-refractivity contribution >= 4 is 27.7 Å². The number of likely N-dealkylation sites (tertiary alicyclic amines) is 1. The molecule has 1 aliphatic rings. The van der Waals surface area contributed by atoms with Crippen LogP contribution in [0.1, 0.15) is 33.6 Å². The van der Waals surface area contributed by atoms with Gasteiger partial charge < -0.3 is 15.0 Å². The maximum atomic E-state index is 13.5. The number of hydrogen-bond acceptors (Lipinski definition) is 3. The van der Waals surface area contributed by atoms with Crippen LogP contribution in [-0.2, 0) is 4.74 Å². The maximum Gasteiger partial charge on any atom is 0.410 e. The first-order valence-corrected chi connectivity index (χ1v) is 8.71. The molecule has 0 saturated carbocycles. The van der Waals surface area contributed by atoms with E-state index in [1.54, 1.807) is 11.0 Å². The molecule has 0 spiro atoms. The Kier molecular flexibility index (Phi) is 5.89. The van der Waals surface area contributed by atoms with Crippen LogP contribution in [0.15, 0.2) is 22.7 Å². The highest BCUT2D eigenvalue weighted by Gasteiger charge is 2.26. The minimum Gasteiger partial charge on any atom is -0.444 e. The zero-order valence-corrected chi connectivity index (χ0v) is 15.5. The Balaban J connectivity index is 1.76. The number of benzene rings is 1. The molecular formula is C17H24BrFN2O2. The zero-order valence-electron chi connectivity index (χ0n) is 13.9. The summed E-state index contributed by atoms with van der Waals surface area (Å²) in [7, 11) is 0. The smallest absolute Gasteiger partial charge is 0.410 e. The van der Waals surface area contributed by atoms with E-state index < -0.39 is 5.60 Å². The quantitative estimate of drug-likeness (QED) is 0.821. The summed E-state index contributed by atoms with van der Waals surface area (Å²) in [6.07, 6.45) is 1.61. The Morgan fingerprint density at radius 2 is 2.04 bits per heavy atom.